The van der Waals surface area contributed by atoms with E-state index >= 15 is 0 Å². The van der Waals surface area contributed by atoms with E-state index in [2.05, 4.69) is 0 Å². The van der Waals surface area contributed by atoms with Crippen LogP contribution < -0.4 is 24.7 Å². The van der Waals surface area contributed by atoms with Gasteiger partial charge in [0.05, 0.1) is 7.11 Å². The molecule has 0 saturated heterocycles. The summed E-state index contributed by atoms with van der Waals surface area (Å²) < 4.78 is 21.5. The third kappa shape index (κ3) is 2.56. The molecule has 2 aromatic rings. The SMILES string of the molecule is COc1cc(N)cc(COc2ccc3c(c2)OCO3)c1. The zero-order valence-corrected chi connectivity index (χ0v) is 11.1. The second-order valence-corrected chi connectivity index (χ2v) is 4.42. The summed E-state index contributed by atoms with van der Waals surface area (Å²) in [6.07, 6.45) is 0. The van der Waals surface area contributed by atoms with Crippen molar-refractivity contribution >= 4 is 5.69 Å². The Morgan fingerprint density at radius 3 is 2.75 bits per heavy atom. The van der Waals surface area contributed by atoms with Gasteiger partial charge in [-0.1, -0.05) is 0 Å². The molecule has 5 heteroatoms. The Morgan fingerprint density at radius 2 is 1.90 bits per heavy atom. The second kappa shape index (κ2) is 5.21. The maximum Gasteiger partial charge on any atom is 0.231 e. The minimum Gasteiger partial charge on any atom is -0.497 e. The number of anilines is 1. The van der Waals surface area contributed by atoms with E-state index in [4.69, 9.17) is 24.7 Å². The highest BCUT2D eigenvalue weighted by molar-refractivity contribution is 5.48. The molecule has 2 aromatic carbocycles. The van der Waals surface area contributed by atoms with Crippen molar-refractivity contribution in [2.75, 3.05) is 19.6 Å². The highest BCUT2D eigenvalue weighted by atomic mass is 16.7. The fourth-order valence-electron chi connectivity index (χ4n) is 2.02. The minimum atomic E-state index is 0.255. The Labute approximate surface area is 116 Å². The van der Waals surface area contributed by atoms with Crippen LogP contribution in [0.5, 0.6) is 23.0 Å². The number of fused-ring (bicyclic) bond motifs is 1. The summed E-state index contributed by atoms with van der Waals surface area (Å²) in [6.45, 7) is 0.659. The molecule has 0 saturated carbocycles. The van der Waals surface area contributed by atoms with Gasteiger partial charge in [-0.25, -0.2) is 0 Å². The summed E-state index contributed by atoms with van der Waals surface area (Å²) in [6, 6.07) is 11.0. The van der Waals surface area contributed by atoms with Crippen molar-refractivity contribution in [2.45, 2.75) is 6.61 Å². The lowest BCUT2D eigenvalue weighted by Gasteiger charge is -2.09. The van der Waals surface area contributed by atoms with Crippen molar-refractivity contribution < 1.29 is 18.9 Å². The molecule has 5 nitrogen and oxygen atoms in total. The summed E-state index contributed by atoms with van der Waals surface area (Å²) in [5, 5.41) is 0. The van der Waals surface area contributed by atoms with Gasteiger partial charge in [0.2, 0.25) is 6.79 Å². The summed E-state index contributed by atoms with van der Waals surface area (Å²) >= 11 is 0. The van der Waals surface area contributed by atoms with Gasteiger partial charge in [0.15, 0.2) is 11.5 Å². The van der Waals surface area contributed by atoms with Gasteiger partial charge >= 0.3 is 0 Å². The summed E-state index contributed by atoms with van der Waals surface area (Å²) in [5.74, 6) is 2.88. The summed E-state index contributed by atoms with van der Waals surface area (Å²) in [7, 11) is 1.61. The average molecular weight is 273 g/mol. The average Bonchev–Trinajstić information content (AvgIpc) is 2.92. The molecular formula is C15H15NO4. The number of ether oxygens (including phenoxy) is 4. The van der Waals surface area contributed by atoms with Crippen LogP contribution >= 0.6 is 0 Å². The van der Waals surface area contributed by atoms with Gasteiger partial charge in [-0.05, 0) is 29.8 Å². The molecule has 0 aliphatic carbocycles. The smallest absolute Gasteiger partial charge is 0.231 e. The van der Waals surface area contributed by atoms with Gasteiger partial charge in [0.1, 0.15) is 18.1 Å². The lowest BCUT2D eigenvalue weighted by Crippen LogP contribution is -1.98. The lowest BCUT2D eigenvalue weighted by molar-refractivity contribution is 0.173. The first kappa shape index (κ1) is 12.5. The first-order chi connectivity index (χ1) is 9.74. The molecule has 0 amide bonds. The van der Waals surface area contributed by atoms with Crippen LogP contribution in [-0.2, 0) is 6.61 Å². The predicted molar refractivity (Wildman–Crippen MR) is 74.3 cm³/mol. The number of benzene rings is 2. The molecule has 104 valence electrons. The normalized spacial score (nSPS) is 12.2. The van der Waals surface area contributed by atoms with E-state index in [0.717, 1.165) is 17.1 Å². The third-order valence-electron chi connectivity index (χ3n) is 2.97. The van der Waals surface area contributed by atoms with Crippen LogP contribution in [0.15, 0.2) is 36.4 Å². The van der Waals surface area contributed by atoms with Crippen LogP contribution in [0.1, 0.15) is 5.56 Å². The highest BCUT2D eigenvalue weighted by Crippen LogP contribution is 2.35. The number of nitrogen functional groups attached to an aromatic ring is 1. The summed E-state index contributed by atoms with van der Waals surface area (Å²) in [5.41, 5.74) is 7.40. The van der Waals surface area contributed by atoms with Crippen LogP contribution in [0.25, 0.3) is 0 Å². The molecule has 20 heavy (non-hydrogen) atoms. The van der Waals surface area contributed by atoms with Crippen LogP contribution in [0.2, 0.25) is 0 Å². The molecule has 0 bridgehead atoms. The molecule has 0 unspecified atom stereocenters. The van der Waals surface area contributed by atoms with Crippen molar-refractivity contribution in [3.8, 4) is 23.0 Å². The molecule has 1 heterocycles. The Kier molecular flexibility index (Phi) is 3.25. The Morgan fingerprint density at radius 1 is 1.05 bits per heavy atom. The second-order valence-electron chi connectivity index (χ2n) is 4.42. The number of nitrogens with two attached hydrogens (primary N) is 1. The molecule has 0 fully saturated rings. The van der Waals surface area contributed by atoms with Crippen LogP contribution in [0, 0.1) is 0 Å². The van der Waals surface area contributed by atoms with Crippen molar-refractivity contribution in [1.29, 1.82) is 0 Å². The Balaban J connectivity index is 1.71. The predicted octanol–water partition coefficient (Wildman–Crippen LogP) is 2.59. The van der Waals surface area contributed by atoms with E-state index in [0.29, 0.717) is 23.8 Å². The van der Waals surface area contributed by atoms with E-state index < -0.39 is 0 Å². The van der Waals surface area contributed by atoms with Crippen molar-refractivity contribution in [1.82, 2.24) is 0 Å². The first-order valence-electron chi connectivity index (χ1n) is 6.20. The highest BCUT2D eigenvalue weighted by Gasteiger charge is 2.13. The fraction of sp³-hybridized carbons (Fsp3) is 0.200. The first-order valence-corrected chi connectivity index (χ1v) is 6.20. The van der Waals surface area contributed by atoms with Gasteiger partial charge in [-0.2, -0.15) is 0 Å². The molecule has 1 aliphatic heterocycles. The third-order valence-corrected chi connectivity index (χ3v) is 2.97. The van der Waals surface area contributed by atoms with Gasteiger partial charge in [0.25, 0.3) is 0 Å². The zero-order chi connectivity index (χ0) is 13.9. The monoisotopic (exact) mass is 273 g/mol. The molecule has 0 aromatic heterocycles. The van der Waals surface area contributed by atoms with Crippen molar-refractivity contribution in [2.24, 2.45) is 0 Å². The summed E-state index contributed by atoms with van der Waals surface area (Å²) in [4.78, 5) is 0. The van der Waals surface area contributed by atoms with Crippen LogP contribution in [0.4, 0.5) is 5.69 Å². The van der Waals surface area contributed by atoms with E-state index in [1.807, 2.05) is 30.3 Å². The standard InChI is InChI=1S/C15H15NO4/c1-17-13-5-10(4-11(16)6-13)8-18-12-2-3-14-15(7-12)20-9-19-14/h2-7H,8-9,16H2,1H3. The molecule has 0 spiro atoms. The van der Waals surface area contributed by atoms with E-state index in [9.17, 15) is 0 Å². The molecule has 0 atom stereocenters. The van der Waals surface area contributed by atoms with E-state index in [1.165, 1.54) is 0 Å². The number of hydrogen-bond donors (Lipinski definition) is 1. The number of hydrogen-bond acceptors (Lipinski definition) is 5. The fourth-order valence-corrected chi connectivity index (χ4v) is 2.02. The lowest BCUT2D eigenvalue weighted by atomic mass is 10.2. The molecule has 1 aliphatic rings. The van der Waals surface area contributed by atoms with Gasteiger partial charge in [-0.15, -0.1) is 0 Å². The zero-order valence-electron chi connectivity index (χ0n) is 11.1. The Hall–Kier alpha value is -2.56. The van der Waals surface area contributed by atoms with E-state index in [1.54, 1.807) is 13.2 Å². The Bertz CT molecular complexity index is 627. The van der Waals surface area contributed by atoms with Crippen LogP contribution in [0.3, 0.4) is 0 Å². The molecule has 2 N–H and O–H groups in total. The van der Waals surface area contributed by atoms with Gasteiger partial charge in [-0.3, -0.25) is 0 Å². The van der Waals surface area contributed by atoms with Crippen molar-refractivity contribution in [3.05, 3.63) is 42.0 Å². The quantitative estimate of drug-likeness (QED) is 0.867. The van der Waals surface area contributed by atoms with E-state index in [-0.39, 0.29) is 6.79 Å². The minimum absolute atomic E-state index is 0.255. The molecule has 3 rings (SSSR count). The largest absolute Gasteiger partial charge is 0.497 e. The number of methoxy groups -OCH3 is 1. The van der Waals surface area contributed by atoms with Gasteiger partial charge in [0, 0.05) is 17.8 Å². The topological polar surface area (TPSA) is 62.9 Å². The maximum absolute atomic E-state index is 5.81. The van der Waals surface area contributed by atoms with Crippen molar-refractivity contribution in [3.63, 3.8) is 0 Å². The molecule has 0 radical (unpaired) electrons. The van der Waals surface area contributed by atoms with Crippen LogP contribution in [-0.4, -0.2) is 13.9 Å². The maximum atomic E-state index is 5.81. The number of rotatable bonds is 4. The molecular weight excluding hydrogens is 258 g/mol. The van der Waals surface area contributed by atoms with Gasteiger partial charge < -0.3 is 24.7 Å².